The molecule has 1 aliphatic rings. The highest BCUT2D eigenvalue weighted by Gasteiger charge is 2.31. The SMILES string of the molecule is NC(=O)c1ccccc1NC1CCCCC1C(=O)O. The van der Waals surface area contributed by atoms with E-state index in [4.69, 9.17) is 5.73 Å². The number of nitrogens with two attached hydrogens (primary N) is 1. The van der Waals surface area contributed by atoms with Gasteiger partial charge in [0.2, 0.25) is 0 Å². The number of anilines is 1. The molecule has 1 aromatic carbocycles. The zero-order valence-corrected chi connectivity index (χ0v) is 10.6. The second-order valence-electron chi connectivity index (χ2n) is 4.89. The van der Waals surface area contributed by atoms with Gasteiger partial charge in [-0.15, -0.1) is 0 Å². The molecule has 5 nitrogen and oxygen atoms in total. The van der Waals surface area contributed by atoms with E-state index in [1.807, 2.05) is 0 Å². The minimum Gasteiger partial charge on any atom is -0.481 e. The Morgan fingerprint density at radius 2 is 1.89 bits per heavy atom. The number of nitrogens with one attached hydrogen (secondary N) is 1. The molecular formula is C14H18N2O3. The second-order valence-corrected chi connectivity index (χ2v) is 4.89. The minimum absolute atomic E-state index is 0.147. The van der Waals surface area contributed by atoms with E-state index < -0.39 is 17.8 Å². The van der Waals surface area contributed by atoms with Gasteiger partial charge in [0.15, 0.2) is 0 Å². The van der Waals surface area contributed by atoms with Crippen molar-refractivity contribution in [2.24, 2.45) is 11.7 Å². The van der Waals surface area contributed by atoms with Crippen LogP contribution in [0.4, 0.5) is 5.69 Å². The van der Waals surface area contributed by atoms with E-state index in [9.17, 15) is 14.7 Å². The Hall–Kier alpha value is -2.04. The van der Waals surface area contributed by atoms with Gasteiger partial charge in [-0.05, 0) is 25.0 Å². The molecule has 0 aliphatic heterocycles. The van der Waals surface area contributed by atoms with Crippen molar-refractivity contribution in [1.29, 1.82) is 0 Å². The molecule has 2 unspecified atom stereocenters. The van der Waals surface area contributed by atoms with Crippen LogP contribution in [0.2, 0.25) is 0 Å². The molecule has 0 heterocycles. The molecule has 0 spiro atoms. The Balaban J connectivity index is 2.19. The van der Waals surface area contributed by atoms with Crippen molar-refractivity contribution in [2.45, 2.75) is 31.7 Å². The van der Waals surface area contributed by atoms with Crippen LogP contribution < -0.4 is 11.1 Å². The minimum atomic E-state index is -0.784. The van der Waals surface area contributed by atoms with Crippen LogP contribution in [-0.4, -0.2) is 23.0 Å². The lowest BCUT2D eigenvalue weighted by Gasteiger charge is -2.30. The van der Waals surface area contributed by atoms with Crippen molar-refractivity contribution < 1.29 is 14.7 Å². The van der Waals surface area contributed by atoms with Gasteiger partial charge in [-0.2, -0.15) is 0 Å². The molecule has 0 radical (unpaired) electrons. The summed E-state index contributed by atoms with van der Waals surface area (Å²) in [6.07, 6.45) is 3.41. The van der Waals surface area contributed by atoms with Crippen LogP contribution in [0.3, 0.4) is 0 Å². The van der Waals surface area contributed by atoms with Crippen molar-refractivity contribution in [2.75, 3.05) is 5.32 Å². The van der Waals surface area contributed by atoms with E-state index in [1.165, 1.54) is 0 Å². The first-order valence-corrected chi connectivity index (χ1v) is 6.48. The predicted molar refractivity (Wildman–Crippen MR) is 72.0 cm³/mol. The van der Waals surface area contributed by atoms with Crippen molar-refractivity contribution >= 4 is 17.6 Å². The summed E-state index contributed by atoms with van der Waals surface area (Å²) in [5, 5.41) is 12.4. The molecule has 2 atom stereocenters. The average molecular weight is 262 g/mol. The molecule has 0 aromatic heterocycles. The van der Waals surface area contributed by atoms with Crippen LogP contribution in [0, 0.1) is 5.92 Å². The topological polar surface area (TPSA) is 92.4 Å². The summed E-state index contributed by atoms with van der Waals surface area (Å²) >= 11 is 0. The Kier molecular flexibility index (Phi) is 4.04. The molecule has 1 fully saturated rings. The highest BCUT2D eigenvalue weighted by molar-refractivity contribution is 5.98. The van der Waals surface area contributed by atoms with Gasteiger partial charge in [0.05, 0.1) is 11.5 Å². The summed E-state index contributed by atoms with van der Waals surface area (Å²) in [6, 6.07) is 6.79. The summed E-state index contributed by atoms with van der Waals surface area (Å²) in [6.45, 7) is 0. The summed E-state index contributed by atoms with van der Waals surface area (Å²) in [7, 11) is 0. The molecule has 5 heteroatoms. The number of para-hydroxylation sites is 1. The lowest BCUT2D eigenvalue weighted by atomic mass is 9.84. The molecule has 19 heavy (non-hydrogen) atoms. The van der Waals surface area contributed by atoms with E-state index in [2.05, 4.69) is 5.32 Å². The molecule has 0 saturated heterocycles. The molecular weight excluding hydrogens is 244 g/mol. The van der Waals surface area contributed by atoms with Gasteiger partial charge < -0.3 is 16.2 Å². The molecule has 1 saturated carbocycles. The van der Waals surface area contributed by atoms with Crippen LogP contribution in [0.1, 0.15) is 36.0 Å². The van der Waals surface area contributed by atoms with Crippen LogP contribution >= 0.6 is 0 Å². The number of rotatable bonds is 4. The third kappa shape index (κ3) is 3.05. The zero-order valence-electron chi connectivity index (χ0n) is 10.6. The van der Waals surface area contributed by atoms with Crippen LogP contribution in [0.5, 0.6) is 0 Å². The third-order valence-electron chi connectivity index (χ3n) is 3.62. The number of carboxylic acid groups (broad SMARTS) is 1. The maximum atomic E-state index is 11.3. The van der Waals surface area contributed by atoms with Crippen molar-refractivity contribution in [3.8, 4) is 0 Å². The van der Waals surface area contributed by atoms with Crippen LogP contribution in [-0.2, 0) is 4.79 Å². The molecule has 1 aliphatic carbocycles. The normalized spacial score (nSPS) is 22.7. The predicted octanol–water partition coefficient (Wildman–Crippen LogP) is 1.84. The number of hydrogen-bond donors (Lipinski definition) is 3. The number of hydrogen-bond acceptors (Lipinski definition) is 3. The third-order valence-corrected chi connectivity index (χ3v) is 3.62. The fourth-order valence-corrected chi connectivity index (χ4v) is 2.62. The van der Waals surface area contributed by atoms with E-state index in [0.29, 0.717) is 17.7 Å². The van der Waals surface area contributed by atoms with Crippen LogP contribution in [0.25, 0.3) is 0 Å². The summed E-state index contributed by atoms with van der Waals surface area (Å²) in [5.41, 5.74) is 6.34. The monoisotopic (exact) mass is 262 g/mol. The quantitative estimate of drug-likeness (QED) is 0.772. The smallest absolute Gasteiger partial charge is 0.308 e. The first-order valence-electron chi connectivity index (χ1n) is 6.48. The first-order chi connectivity index (χ1) is 9.09. The maximum Gasteiger partial charge on any atom is 0.308 e. The number of aliphatic carboxylic acids is 1. The first kappa shape index (κ1) is 13.4. The van der Waals surface area contributed by atoms with E-state index >= 15 is 0 Å². The van der Waals surface area contributed by atoms with Crippen molar-refractivity contribution in [1.82, 2.24) is 0 Å². The standard InChI is InChI=1S/C14H18N2O3/c15-13(17)9-5-1-3-7-11(9)16-12-8-4-2-6-10(12)14(18)19/h1,3,5,7,10,12,16H,2,4,6,8H2,(H2,15,17)(H,18,19). The Morgan fingerprint density at radius 1 is 1.21 bits per heavy atom. The lowest BCUT2D eigenvalue weighted by Crippen LogP contribution is -2.37. The molecule has 1 aromatic rings. The molecule has 102 valence electrons. The Bertz CT molecular complexity index is 487. The van der Waals surface area contributed by atoms with Crippen molar-refractivity contribution in [3.05, 3.63) is 29.8 Å². The number of carbonyl (C=O) groups excluding carboxylic acids is 1. The number of carbonyl (C=O) groups is 2. The largest absolute Gasteiger partial charge is 0.481 e. The van der Waals surface area contributed by atoms with E-state index in [0.717, 1.165) is 19.3 Å². The number of carboxylic acids is 1. The fourth-order valence-electron chi connectivity index (χ4n) is 2.62. The highest BCUT2D eigenvalue weighted by atomic mass is 16.4. The van der Waals surface area contributed by atoms with Gasteiger partial charge in [-0.25, -0.2) is 0 Å². The summed E-state index contributed by atoms with van der Waals surface area (Å²) < 4.78 is 0. The second kappa shape index (κ2) is 5.73. The maximum absolute atomic E-state index is 11.3. The number of amides is 1. The van der Waals surface area contributed by atoms with Gasteiger partial charge in [0.1, 0.15) is 0 Å². The number of primary amides is 1. The van der Waals surface area contributed by atoms with Gasteiger partial charge in [-0.3, -0.25) is 9.59 Å². The van der Waals surface area contributed by atoms with E-state index in [1.54, 1.807) is 24.3 Å². The van der Waals surface area contributed by atoms with Gasteiger partial charge in [-0.1, -0.05) is 25.0 Å². The van der Waals surface area contributed by atoms with Crippen LogP contribution in [0.15, 0.2) is 24.3 Å². The average Bonchev–Trinajstić information content (AvgIpc) is 2.39. The molecule has 0 bridgehead atoms. The number of benzene rings is 1. The Morgan fingerprint density at radius 3 is 2.58 bits per heavy atom. The van der Waals surface area contributed by atoms with Gasteiger partial charge in [0, 0.05) is 11.7 Å². The lowest BCUT2D eigenvalue weighted by molar-refractivity contribution is -0.143. The summed E-state index contributed by atoms with van der Waals surface area (Å²) in [4.78, 5) is 22.6. The van der Waals surface area contributed by atoms with Crippen molar-refractivity contribution in [3.63, 3.8) is 0 Å². The molecule has 4 N–H and O–H groups in total. The van der Waals surface area contributed by atoms with E-state index in [-0.39, 0.29) is 6.04 Å². The fraction of sp³-hybridized carbons (Fsp3) is 0.429. The van der Waals surface area contributed by atoms with Gasteiger partial charge >= 0.3 is 5.97 Å². The van der Waals surface area contributed by atoms with Gasteiger partial charge in [0.25, 0.3) is 5.91 Å². The Labute approximate surface area is 111 Å². The zero-order chi connectivity index (χ0) is 13.8. The summed E-state index contributed by atoms with van der Waals surface area (Å²) in [5.74, 6) is -1.70. The highest BCUT2D eigenvalue weighted by Crippen LogP contribution is 2.28. The molecule has 1 amide bonds. The molecule has 2 rings (SSSR count).